The highest BCUT2D eigenvalue weighted by Crippen LogP contribution is 2.17. The van der Waals surface area contributed by atoms with E-state index in [9.17, 15) is 9.59 Å². The number of benzene rings is 1. The van der Waals surface area contributed by atoms with Gasteiger partial charge in [0.2, 0.25) is 0 Å². The first-order valence-electron chi connectivity index (χ1n) is 8.41. The predicted octanol–water partition coefficient (Wildman–Crippen LogP) is 1.95. The lowest BCUT2D eigenvalue weighted by molar-refractivity contribution is -0.124. The molecule has 7 heteroatoms. The van der Waals surface area contributed by atoms with Crippen LogP contribution in [0.25, 0.3) is 0 Å². The normalized spacial score (nSPS) is 14.5. The zero-order valence-corrected chi connectivity index (χ0v) is 14.2. The number of hydrogen-bond donors (Lipinski definition) is 1. The molecule has 0 atom stereocenters. The second-order valence-electron chi connectivity index (χ2n) is 6.01. The van der Waals surface area contributed by atoms with Gasteiger partial charge < -0.3 is 19.4 Å². The number of para-hydroxylation sites is 1. The third-order valence-corrected chi connectivity index (χ3v) is 4.25. The summed E-state index contributed by atoms with van der Waals surface area (Å²) in [4.78, 5) is 26.0. The van der Waals surface area contributed by atoms with Crippen molar-refractivity contribution >= 4 is 11.8 Å². The molecule has 2 heterocycles. The molecule has 134 valence electrons. The van der Waals surface area contributed by atoms with Crippen LogP contribution in [-0.2, 0) is 4.79 Å². The van der Waals surface area contributed by atoms with Gasteiger partial charge in [-0.05, 0) is 37.1 Å². The lowest BCUT2D eigenvalue weighted by Gasteiger charge is -2.31. The molecule has 0 bridgehead atoms. The average molecular weight is 353 g/mol. The van der Waals surface area contributed by atoms with Gasteiger partial charge in [-0.1, -0.05) is 12.1 Å². The van der Waals surface area contributed by atoms with Crippen molar-refractivity contribution in [2.45, 2.75) is 18.9 Å². The Morgan fingerprint density at radius 3 is 2.69 bits per heavy atom. The third kappa shape index (κ3) is 4.22. The molecule has 7 nitrogen and oxygen atoms in total. The molecule has 0 aliphatic carbocycles. The summed E-state index contributed by atoms with van der Waals surface area (Å²) in [7, 11) is 0. The van der Waals surface area contributed by atoms with Crippen molar-refractivity contribution in [1.82, 2.24) is 10.2 Å². The maximum Gasteiger partial charge on any atom is 0.289 e. The maximum absolute atomic E-state index is 12.2. The molecule has 1 aliphatic rings. The quantitative estimate of drug-likeness (QED) is 0.886. The van der Waals surface area contributed by atoms with Crippen LogP contribution in [0.5, 0.6) is 5.75 Å². The molecule has 0 spiro atoms. The number of rotatable bonds is 5. The molecule has 0 unspecified atom stereocenters. The van der Waals surface area contributed by atoms with Gasteiger partial charge in [0.15, 0.2) is 12.4 Å². The van der Waals surface area contributed by atoms with Gasteiger partial charge in [-0.15, -0.1) is 0 Å². The summed E-state index contributed by atoms with van der Waals surface area (Å²) in [6.45, 7) is 0.968. The van der Waals surface area contributed by atoms with Gasteiger partial charge in [-0.25, -0.2) is 0 Å². The fraction of sp³-hybridized carbons (Fsp3) is 0.316. The first-order valence-corrected chi connectivity index (χ1v) is 8.41. The molecule has 3 rings (SSSR count). The lowest BCUT2D eigenvalue weighted by Crippen LogP contribution is -2.47. The Hall–Kier alpha value is -3.27. The van der Waals surface area contributed by atoms with Crippen molar-refractivity contribution in [2.24, 2.45) is 0 Å². The molecular weight excluding hydrogens is 334 g/mol. The smallest absolute Gasteiger partial charge is 0.289 e. The minimum absolute atomic E-state index is 0.00189. The number of nitrogens with zero attached hydrogens (tertiary/aromatic N) is 2. The van der Waals surface area contributed by atoms with Gasteiger partial charge >= 0.3 is 0 Å². The van der Waals surface area contributed by atoms with E-state index in [0.717, 1.165) is 0 Å². The van der Waals surface area contributed by atoms with Crippen molar-refractivity contribution in [3.05, 3.63) is 54.0 Å². The number of amides is 2. The number of likely N-dealkylation sites (tertiary alicyclic amines) is 1. The van der Waals surface area contributed by atoms with Gasteiger partial charge in [0.25, 0.3) is 11.8 Å². The first kappa shape index (κ1) is 17.5. The summed E-state index contributed by atoms with van der Waals surface area (Å²) in [6, 6.07) is 12.1. The molecule has 1 fully saturated rings. The predicted molar refractivity (Wildman–Crippen MR) is 92.4 cm³/mol. The minimum Gasteiger partial charge on any atom is -0.482 e. The fourth-order valence-corrected chi connectivity index (χ4v) is 2.88. The molecule has 0 radical (unpaired) electrons. The summed E-state index contributed by atoms with van der Waals surface area (Å²) in [5.74, 6) is 0.353. The van der Waals surface area contributed by atoms with Crippen LogP contribution in [0.3, 0.4) is 0 Å². The van der Waals surface area contributed by atoms with Gasteiger partial charge in [-0.3, -0.25) is 9.59 Å². The molecule has 2 aromatic rings. The molecule has 1 aromatic heterocycles. The number of nitriles is 1. The number of carbonyl (C=O) groups excluding carboxylic acids is 2. The Bertz CT molecular complexity index is 802. The van der Waals surface area contributed by atoms with E-state index in [0.29, 0.717) is 43.0 Å². The van der Waals surface area contributed by atoms with Crippen molar-refractivity contribution in [3.63, 3.8) is 0 Å². The Labute approximate surface area is 151 Å². The SMILES string of the molecule is N#Cc1ccccc1OCC(=O)NC1CCN(C(=O)c2ccco2)CC1. The largest absolute Gasteiger partial charge is 0.482 e. The highest BCUT2D eigenvalue weighted by Gasteiger charge is 2.25. The Morgan fingerprint density at radius 1 is 1.23 bits per heavy atom. The Balaban J connectivity index is 1.43. The van der Waals surface area contributed by atoms with E-state index in [1.165, 1.54) is 6.26 Å². The topological polar surface area (TPSA) is 95.6 Å². The molecular formula is C19H19N3O4. The van der Waals surface area contributed by atoms with Crippen LogP contribution in [0.1, 0.15) is 29.0 Å². The molecule has 1 aromatic carbocycles. The molecule has 1 aliphatic heterocycles. The Kier molecular flexibility index (Phi) is 5.54. The molecule has 1 saturated heterocycles. The van der Waals surface area contributed by atoms with E-state index >= 15 is 0 Å². The molecule has 26 heavy (non-hydrogen) atoms. The zero-order chi connectivity index (χ0) is 18.4. The lowest BCUT2D eigenvalue weighted by atomic mass is 10.0. The van der Waals surface area contributed by atoms with Crippen molar-refractivity contribution in [1.29, 1.82) is 5.26 Å². The zero-order valence-electron chi connectivity index (χ0n) is 14.2. The molecule has 2 amide bonds. The van der Waals surface area contributed by atoms with Crippen LogP contribution in [0.15, 0.2) is 47.1 Å². The van der Waals surface area contributed by atoms with Crippen molar-refractivity contribution in [2.75, 3.05) is 19.7 Å². The van der Waals surface area contributed by atoms with Gasteiger partial charge in [0, 0.05) is 19.1 Å². The van der Waals surface area contributed by atoms with E-state index < -0.39 is 0 Å². The van der Waals surface area contributed by atoms with Crippen molar-refractivity contribution < 1.29 is 18.7 Å². The van der Waals surface area contributed by atoms with Gasteiger partial charge in [0.1, 0.15) is 11.8 Å². The van der Waals surface area contributed by atoms with Crippen LogP contribution >= 0.6 is 0 Å². The summed E-state index contributed by atoms with van der Waals surface area (Å²) in [6.07, 6.45) is 2.82. The summed E-state index contributed by atoms with van der Waals surface area (Å²) >= 11 is 0. The van der Waals surface area contributed by atoms with E-state index in [1.807, 2.05) is 6.07 Å². The monoisotopic (exact) mass is 353 g/mol. The third-order valence-electron chi connectivity index (χ3n) is 4.25. The Morgan fingerprint density at radius 2 is 2.00 bits per heavy atom. The van der Waals surface area contributed by atoms with Crippen molar-refractivity contribution in [3.8, 4) is 11.8 Å². The second kappa shape index (κ2) is 8.21. The first-order chi connectivity index (χ1) is 12.7. The minimum atomic E-state index is -0.242. The summed E-state index contributed by atoms with van der Waals surface area (Å²) in [5.41, 5.74) is 0.394. The van der Waals surface area contributed by atoms with Crippen LogP contribution < -0.4 is 10.1 Å². The number of nitrogens with one attached hydrogen (secondary N) is 1. The van der Waals surface area contributed by atoms with E-state index in [-0.39, 0.29) is 24.5 Å². The summed E-state index contributed by atoms with van der Waals surface area (Å²) in [5, 5.41) is 11.9. The second-order valence-corrected chi connectivity index (χ2v) is 6.01. The number of carbonyl (C=O) groups is 2. The van der Waals surface area contributed by atoms with Crippen LogP contribution in [-0.4, -0.2) is 42.5 Å². The number of piperidine rings is 1. The van der Waals surface area contributed by atoms with Gasteiger partial charge in [-0.2, -0.15) is 5.26 Å². The van der Waals surface area contributed by atoms with Gasteiger partial charge in [0.05, 0.1) is 11.8 Å². The van der Waals surface area contributed by atoms with Crippen LogP contribution in [0.2, 0.25) is 0 Å². The standard InChI is InChI=1S/C19H19N3O4/c20-12-14-4-1-2-5-16(14)26-13-18(23)21-15-7-9-22(10-8-15)19(24)17-6-3-11-25-17/h1-6,11,15H,7-10,13H2,(H,21,23). The molecule has 1 N–H and O–H groups in total. The van der Waals surface area contributed by atoms with E-state index in [2.05, 4.69) is 5.32 Å². The summed E-state index contributed by atoms with van der Waals surface area (Å²) < 4.78 is 10.6. The molecule has 0 saturated carbocycles. The number of furan rings is 1. The van der Waals surface area contributed by atoms with Crippen LogP contribution in [0.4, 0.5) is 0 Å². The number of hydrogen-bond acceptors (Lipinski definition) is 5. The average Bonchev–Trinajstić information content (AvgIpc) is 3.21. The maximum atomic E-state index is 12.2. The number of ether oxygens (including phenoxy) is 1. The highest BCUT2D eigenvalue weighted by molar-refractivity contribution is 5.91. The van der Waals surface area contributed by atoms with Crippen LogP contribution in [0, 0.1) is 11.3 Å². The highest BCUT2D eigenvalue weighted by atomic mass is 16.5. The van der Waals surface area contributed by atoms with E-state index in [1.54, 1.807) is 41.3 Å². The fourth-order valence-electron chi connectivity index (χ4n) is 2.88. The van der Waals surface area contributed by atoms with E-state index in [4.69, 9.17) is 14.4 Å².